The first-order valence-corrected chi connectivity index (χ1v) is 5.10. The van der Waals surface area contributed by atoms with E-state index in [0.717, 1.165) is 12.1 Å². The molecular weight excluding hydrogens is 244 g/mol. The molecule has 0 aromatic heterocycles. The van der Waals surface area contributed by atoms with Crippen LogP contribution in [0.1, 0.15) is 0 Å². The summed E-state index contributed by atoms with van der Waals surface area (Å²) >= 11 is 0. The second kappa shape index (κ2) is 4.84. The molecule has 0 aliphatic heterocycles. The van der Waals surface area contributed by atoms with E-state index in [1.165, 1.54) is 12.1 Å². The summed E-state index contributed by atoms with van der Waals surface area (Å²) in [4.78, 5) is 0. The van der Waals surface area contributed by atoms with Crippen LogP contribution in [0.4, 0.5) is 13.2 Å². The van der Waals surface area contributed by atoms with Gasteiger partial charge in [0.25, 0.3) is 0 Å². The average Bonchev–Trinajstić information content (AvgIpc) is 2.35. The van der Waals surface area contributed by atoms with Gasteiger partial charge in [-0.25, -0.2) is 13.2 Å². The molecule has 2 N–H and O–H groups in total. The van der Waals surface area contributed by atoms with Crippen molar-refractivity contribution in [3.05, 3.63) is 53.8 Å². The Morgan fingerprint density at radius 3 is 2.00 bits per heavy atom. The monoisotopic (exact) mass is 252 g/mol. The van der Waals surface area contributed by atoms with Gasteiger partial charge >= 0.3 is 7.12 Å². The Labute approximate surface area is 101 Å². The summed E-state index contributed by atoms with van der Waals surface area (Å²) in [6, 6.07) is 7.59. The van der Waals surface area contributed by atoms with Gasteiger partial charge in [0.05, 0.1) is 0 Å². The molecule has 2 aromatic carbocycles. The quantitative estimate of drug-likeness (QED) is 0.627. The van der Waals surface area contributed by atoms with Crippen molar-refractivity contribution in [2.75, 3.05) is 0 Å². The molecule has 0 amide bonds. The molecule has 0 bridgehead atoms. The Morgan fingerprint density at radius 2 is 1.44 bits per heavy atom. The summed E-state index contributed by atoms with van der Waals surface area (Å²) < 4.78 is 39.1. The van der Waals surface area contributed by atoms with Crippen LogP contribution in [0, 0.1) is 17.5 Å². The molecule has 6 heteroatoms. The molecule has 0 fully saturated rings. The van der Waals surface area contributed by atoms with Crippen LogP contribution < -0.4 is 5.46 Å². The van der Waals surface area contributed by atoms with Crippen LogP contribution in [0.2, 0.25) is 0 Å². The standard InChI is InChI=1S/C12H8BF3O2/c14-10-5-7(6-11(15)12(10)16)8-3-1-2-4-9(8)13(17)18/h1-6,17-18H. The van der Waals surface area contributed by atoms with Gasteiger partial charge in [-0.3, -0.25) is 0 Å². The minimum absolute atomic E-state index is 0.0371. The van der Waals surface area contributed by atoms with Crippen molar-refractivity contribution in [3.63, 3.8) is 0 Å². The van der Waals surface area contributed by atoms with E-state index in [4.69, 9.17) is 10.0 Å². The van der Waals surface area contributed by atoms with Crippen molar-refractivity contribution in [2.24, 2.45) is 0 Å². The molecule has 2 nitrogen and oxygen atoms in total. The molecule has 92 valence electrons. The zero-order valence-electron chi connectivity index (χ0n) is 9.07. The van der Waals surface area contributed by atoms with Gasteiger partial charge in [0.1, 0.15) is 0 Å². The predicted molar refractivity (Wildman–Crippen MR) is 61.6 cm³/mol. The van der Waals surface area contributed by atoms with Crippen molar-refractivity contribution in [1.29, 1.82) is 0 Å². The van der Waals surface area contributed by atoms with E-state index >= 15 is 0 Å². The Kier molecular flexibility index (Phi) is 3.40. The van der Waals surface area contributed by atoms with Crippen LogP contribution in [0.25, 0.3) is 11.1 Å². The molecule has 0 aliphatic carbocycles. The highest BCUT2D eigenvalue weighted by Gasteiger charge is 2.18. The Balaban J connectivity index is 2.62. The van der Waals surface area contributed by atoms with Crippen molar-refractivity contribution in [3.8, 4) is 11.1 Å². The fourth-order valence-corrected chi connectivity index (χ4v) is 1.70. The maximum absolute atomic E-state index is 13.1. The maximum atomic E-state index is 13.1. The molecule has 0 saturated carbocycles. The normalized spacial score (nSPS) is 10.5. The molecule has 0 radical (unpaired) electrons. The lowest BCUT2D eigenvalue weighted by Crippen LogP contribution is -2.31. The molecule has 0 atom stereocenters. The third-order valence-corrected chi connectivity index (χ3v) is 2.53. The first-order valence-electron chi connectivity index (χ1n) is 5.10. The molecule has 2 rings (SSSR count). The predicted octanol–water partition coefficient (Wildman–Crippen LogP) is 1.45. The molecular formula is C12H8BF3O2. The molecule has 18 heavy (non-hydrogen) atoms. The molecule has 0 aliphatic rings. The van der Waals surface area contributed by atoms with Crippen LogP contribution in [0.15, 0.2) is 36.4 Å². The largest absolute Gasteiger partial charge is 0.489 e. The minimum atomic E-state index is -1.78. The van der Waals surface area contributed by atoms with Crippen LogP contribution in [-0.4, -0.2) is 17.2 Å². The summed E-state index contributed by atoms with van der Waals surface area (Å²) in [6.45, 7) is 0. The second-order valence-electron chi connectivity index (χ2n) is 3.71. The first-order chi connectivity index (χ1) is 8.50. The average molecular weight is 252 g/mol. The first kappa shape index (κ1) is 12.7. The third-order valence-electron chi connectivity index (χ3n) is 2.53. The number of rotatable bonds is 2. The van der Waals surface area contributed by atoms with Crippen LogP contribution in [0.5, 0.6) is 0 Å². The highest BCUT2D eigenvalue weighted by Crippen LogP contribution is 2.22. The van der Waals surface area contributed by atoms with E-state index in [2.05, 4.69) is 0 Å². The maximum Gasteiger partial charge on any atom is 0.489 e. The third kappa shape index (κ3) is 2.25. The second-order valence-corrected chi connectivity index (χ2v) is 3.71. The Hall–Kier alpha value is -1.79. The van der Waals surface area contributed by atoms with E-state index in [9.17, 15) is 13.2 Å². The zero-order chi connectivity index (χ0) is 13.3. The van der Waals surface area contributed by atoms with Crippen molar-refractivity contribution in [1.82, 2.24) is 0 Å². The van der Waals surface area contributed by atoms with Gasteiger partial charge in [0, 0.05) is 0 Å². The van der Waals surface area contributed by atoms with Crippen LogP contribution in [-0.2, 0) is 0 Å². The summed E-state index contributed by atoms with van der Waals surface area (Å²) in [5.74, 6) is -4.21. The summed E-state index contributed by atoms with van der Waals surface area (Å²) in [5, 5.41) is 18.3. The topological polar surface area (TPSA) is 40.5 Å². The fourth-order valence-electron chi connectivity index (χ4n) is 1.70. The van der Waals surface area contributed by atoms with E-state index in [1.54, 1.807) is 12.1 Å². The van der Waals surface area contributed by atoms with E-state index < -0.39 is 24.6 Å². The molecule has 2 aromatic rings. The van der Waals surface area contributed by atoms with Gasteiger partial charge in [-0.15, -0.1) is 0 Å². The number of hydrogen-bond donors (Lipinski definition) is 2. The van der Waals surface area contributed by atoms with Gasteiger partial charge in [-0.2, -0.15) is 0 Å². The SMILES string of the molecule is OB(O)c1ccccc1-c1cc(F)c(F)c(F)c1. The Morgan fingerprint density at radius 1 is 0.889 bits per heavy atom. The Bertz CT molecular complexity index is 564. The molecule has 0 saturated heterocycles. The smallest absolute Gasteiger partial charge is 0.423 e. The zero-order valence-corrected chi connectivity index (χ0v) is 9.07. The molecule has 0 heterocycles. The number of hydrogen-bond acceptors (Lipinski definition) is 2. The molecule has 0 unspecified atom stereocenters. The van der Waals surface area contributed by atoms with E-state index in [0.29, 0.717) is 0 Å². The van der Waals surface area contributed by atoms with Crippen molar-refractivity contribution >= 4 is 12.6 Å². The summed E-state index contributed by atoms with van der Waals surface area (Å²) in [6.07, 6.45) is 0. The van der Waals surface area contributed by atoms with E-state index in [-0.39, 0.29) is 16.6 Å². The number of benzene rings is 2. The van der Waals surface area contributed by atoms with Gasteiger partial charge in [-0.05, 0) is 28.7 Å². The van der Waals surface area contributed by atoms with Gasteiger partial charge in [0.15, 0.2) is 17.5 Å². The van der Waals surface area contributed by atoms with Crippen LogP contribution in [0.3, 0.4) is 0 Å². The summed E-state index contributed by atoms with van der Waals surface area (Å²) in [5.41, 5.74) is 0.350. The highest BCUT2D eigenvalue weighted by molar-refractivity contribution is 6.60. The highest BCUT2D eigenvalue weighted by atomic mass is 19.2. The number of halogens is 3. The minimum Gasteiger partial charge on any atom is -0.423 e. The molecule has 0 spiro atoms. The van der Waals surface area contributed by atoms with Crippen molar-refractivity contribution < 1.29 is 23.2 Å². The lowest BCUT2D eigenvalue weighted by molar-refractivity contribution is 0.426. The van der Waals surface area contributed by atoms with Gasteiger partial charge < -0.3 is 10.0 Å². The lowest BCUT2D eigenvalue weighted by Gasteiger charge is -2.09. The lowest BCUT2D eigenvalue weighted by atomic mass is 9.75. The van der Waals surface area contributed by atoms with Crippen molar-refractivity contribution in [2.45, 2.75) is 0 Å². The summed E-state index contributed by atoms with van der Waals surface area (Å²) in [7, 11) is -1.78. The fraction of sp³-hybridized carbons (Fsp3) is 0. The van der Waals surface area contributed by atoms with E-state index in [1.807, 2.05) is 0 Å². The van der Waals surface area contributed by atoms with Gasteiger partial charge in [0.2, 0.25) is 0 Å². The van der Waals surface area contributed by atoms with Gasteiger partial charge in [-0.1, -0.05) is 24.3 Å². The van der Waals surface area contributed by atoms with Crippen LogP contribution >= 0.6 is 0 Å².